The lowest BCUT2D eigenvalue weighted by molar-refractivity contribution is -0.0531. The summed E-state index contributed by atoms with van der Waals surface area (Å²) in [7, 11) is 0. The van der Waals surface area contributed by atoms with Gasteiger partial charge in [0.1, 0.15) is 0 Å². The Balaban J connectivity index is 1.30. The molecule has 0 aliphatic heterocycles. The third kappa shape index (κ3) is 3.26. The molecule has 4 saturated carbocycles. The summed E-state index contributed by atoms with van der Waals surface area (Å²) in [4.78, 5) is 2.80. The largest absolute Gasteiger partial charge is 0.296 e. The van der Waals surface area contributed by atoms with Gasteiger partial charge in [0.15, 0.2) is 0 Å². The van der Waals surface area contributed by atoms with Crippen LogP contribution in [0.5, 0.6) is 0 Å². The summed E-state index contributed by atoms with van der Waals surface area (Å²) in [5, 5.41) is 0. The van der Waals surface area contributed by atoms with Gasteiger partial charge in [-0.05, 0) is 118 Å². The van der Waals surface area contributed by atoms with Crippen LogP contribution in [-0.4, -0.2) is 17.5 Å². The molecule has 0 N–H and O–H groups in total. The lowest BCUT2D eigenvalue weighted by Crippen LogP contribution is -2.50. The van der Waals surface area contributed by atoms with Crippen LogP contribution in [0.2, 0.25) is 0 Å². The fraction of sp³-hybridized carbons (Fsp3) is 0.760. The van der Waals surface area contributed by atoms with Gasteiger partial charge in [0, 0.05) is 19.1 Å². The molecule has 0 amide bonds. The first-order valence-corrected chi connectivity index (χ1v) is 11.5. The van der Waals surface area contributed by atoms with E-state index in [0.29, 0.717) is 6.04 Å². The van der Waals surface area contributed by atoms with Gasteiger partial charge in [0.2, 0.25) is 0 Å². The molecule has 0 saturated heterocycles. The third-order valence-corrected chi connectivity index (χ3v) is 8.40. The molecule has 0 atom stereocenters. The third-order valence-electron chi connectivity index (χ3n) is 8.40. The fourth-order valence-electron chi connectivity index (χ4n) is 7.18. The van der Waals surface area contributed by atoms with E-state index in [-0.39, 0.29) is 0 Å². The minimum absolute atomic E-state index is 0.656. The van der Waals surface area contributed by atoms with Gasteiger partial charge in [-0.25, -0.2) is 0 Å². The van der Waals surface area contributed by atoms with E-state index in [1.165, 1.54) is 32.2 Å². The topological polar surface area (TPSA) is 3.24 Å². The first-order valence-electron chi connectivity index (χ1n) is 11.5. The summed E-state index contributed by atoms with van der Waals surface area (Å²) in [6.45, 7) is 7.33. The van der Waals surface area contributed by atoms with Crippen LogP contribution < -0.4 is 0 Å². The van der Waals surface area contributed by atoms with Crippen LogP contribution >= 0.6 is 0 Å². The highest BCUT2D eigenvalue weighted by atomic mass is 15.1. The standard InChI is InChI=1S/C25H37N/c1-17(2)26(15-18-7-8-21-5-3-4-6-22(21)10-18)16-25-23-11-19-9-20(13-23)14-24(25)12-19/h7-8,10,17,19-20,23-25H,3-6,9,11-16H2,1-2H3. The Labute approximate surface area is 160 Å². The van der Waals surface area contributed by atoms with Gasteiger partial charge in [-0.3, -0.25) is 4.90 Å². The van der Waals surface area contributed by atoms with Crippen LogP contribution in [0.4, 0.5) is 0 Å². The molecule has 1 heteroatoms. The summed E-state index contributed by atoms with van der Waals surface area (Å²) >= 11 is 0. The zero-order chi connectivity index (χ0) is 17.7. The van der Waals surface area contributed by atoms with Crippen molar-refractivity contribution in [1.29, 1.82) is 0 Å². The monoisotopic (exact) mass is 351 g/mol. The quantitative estimate of drug-likeness (QED) is 0.643. The summed E-state index contributed by atoms with van der Waals surface area (Å²) in [5.74, 6) is 5.29. The highest BCUT2D eigenvalue weighted by Gasteiger charge is 2.48. The number of nitrogens with zero attached hydrogens (tertiary/aromatic N) is 1. The Morgan fingerprint density at radius 3 is 2.19 bits per heavy atom. The van der Waals surface area contributed by atoms with Crippen molar-refractivity contribution in [3.05, 3.63) is 34.9 Å². The summed E-state index contributed by atoms with van der Waals surface area (Å²) in [5.41, 5.74) is 4.83. The lowest BCUT2D eigenvalue weighted by atomic mass is 9.52. The van der Waals surface area contributed by atoms with E-state index in [2.05, 4.69) is 36.9 Å². The summed E-state index contributed by atoms with van der Waals surface area (Å²) < 4.78 is 0. The van der Waals surface area contributed by atoms with Crippen LogP contribution in [0.15, 0.2) is 18.2 Å². The molecule has 4 fully saturated rings. The Morgan fingerprint density at radius 2 is 1.54 bits per heavy atom. The molecule has 1 aromatic rings. The molecule has 1 aromatic carbocycles. The van der Waals surface area contributed by atoms with E-state index in [9.17, 15) is 0 Å². The van der Waals surface area contributed by atoms with Crippen molar-refractivity contribution in [1.82, 2.24) is 4.90 Å². The first kappa shape index (κ1) is 17.3. The van der Waals surface area contributed by atoms with Gasteiger partial charge in [0.25, 0.3) is 0 Å². The van der Waals surface area contributed by atoms with E-state index in [4.69, 9.17) is 0 Å². The normalized spacial score (nSPS) is 35.3. The zero-order valence-electron chi connectivity index (χ0n) is 16.9. The van der Waals surface area contributed by atoms with Crippen molar-refractivity contribution in [3.8, 4) is 0 Å². The van der Waals surface area contributed by atoms with Crippen molar-refractivity contribution >= 4 is 0 Å². The maximum atomic E-state index is 2.80. The maximum absolute atomic E-state index is 2.80. The molecule has 0 radical (unpaired) electrons. The van der Waals surface area contributed by atoms with Gasteiger partial charge >= 0.3 is 0 Å². The Bertz CT molecular complexity index is 618. The molecule has 0 unspecified atom stereocenters. The van der Waals surface area contributed by atoms with Crippen LogP contribution in [0, 0.1) is 29.6 Å². The minimum Gasteiger partial charge on any atom is -0.296 e. The first-order chi connectivity index (χ1) is 12.7. The van der Waals surface area contributed by atoms with Crippen molar-refractivity contribution < 1.29 is 0 Å². The fourth-order valence-corrected chi connectivity index (χ4v) is 7.18. The van der Waals surface area contributed by atoms with Crippen molar-refractivity contribution in [2.24, 2.45) is 29.6 Å². The summed E-state index contributed by atoms with van der Waals surface area (Å²) in [6.07, 6.45) is 13.2. The van der Waals surface area contributed by atoms with Crippen LogP contribution in [0.3, 0.4) is 0 Å². The highest BCUT2D eigenvalue weighted by Crippen LogP contribution is 2.56. The smallest absolute Gasteiger partial charge is 0.0236 e. The number of hydrogen-bond acceptors (Lipinski definition) is 1. The van der Waals surface area contributed by atoms with Gasteiger partial charge in [-0.2, -0.15) is 0 Å². The highest BCUT2D eigenvalue weighted by molar-refractivity contribution is 5.33. The molecule has 5 aliphatic carbocycles. The van der Waals surface area contributed by atoms with E-state index in [0.717, 1.165) is 36.1 Å². The minimum atomic E-state index is 0.656. The summed E-state index contributed by atoms with van der Waals surface area (Å²) in [6, 6.07) is 8.06. The van der Waals surface area contributed by atoms with E-state index in [1.54, 1.807) is 48.8 Å². The maximum Gasteiger partial charge on any atom is 0.0236 e. The van der Waals surface area contributed by atoms with Crippen LogP contribution in [-0.2, 0) is 19.4 Å². The second kappa shape index (κ2) is 6.97. The molecule has 6 rings (SSSR count). The number of aryl methyl sites for hydroxylation is 2. The van der Waals surface area contributed by atoms with Gasteiger partial charge < -0.3 is 0 Å². The molecule has 5 aliphatic rings. The Morgan fingerprint density at radius 1 is 0.885 bits per heavy atom. The molecule has 0 heterocycles. The number of rotatable bonds is 5. The molecule has 1 nitrogen and oxygen atoms in total. The molecule has 142 valence electrons. The lowest BCUT2D eigenvalue weighted by Gasteiger charge is -2.55. The predicted octanol–water partition coefficient (Wildman–Crippen LogP) is 5.85. The molecule has 0 aromatic heterocycles. The average Bonchev–Trinajstić information content (AvgIpc) is 2.63. The predicted molar refractivity (Wildman–Crippen MR) is 109 cm³/mol. The van der Waals surface area contributed by atoms with E-state index >= 15 is 0 Å². The number of benzene rings is 1. The molecular weight excluding hydrogens is 314 g/mol. The Hall–Kier alpha value is -0.820. The van der Waals surface area contributed by atoms with Crippen molar-refractivity contribution in [2.75, 3.05) is 6.54 Å². The molecular formula is C25H37N. The van der Waals surface area contributed by atoms with Crippen molar-refractivity contribution in [3.63, 3.8) is 0 Å². The zero-order valence-corrected chi connectivity index (χ0v) is 16.9. The second-order valence-electron chi connectivity index (χ2n) is 10.4. The molecule has 4 bridgehead atoms. The Kier molecular flexibility index (Phi) is 4.63. The van der Waals surface area contributed by atoms with E-state index < -0.39 is 0 Å². The average molecular weight is 352 g/mol. The molecule has 0 spiro atoms. The molecule has 26 heavy (non-hydrogen) atoms. The van der Waals surface area contributed by atoms with Crippen molar-refractivity contribution in [2.45, 2.75) is 84.2 Å². The number of hydrogen-bond donors (Lipinski definition) is 0. The SMILES string of the molecule is CC(C)N(Cc1ccc2c(c1)CCCC2)CC1C2CC3CC(C2)CC1C3. The van der Waals surface area contributed by atoms with Crippen LogP contribution in [0.1, 0.15) is 75.5 Å². The van der Waals surface area contributed by atoms with E-state index in [1.807, 2.05) is 0 Å². The van der Waals surface area contributed by atoms with Gasteiger partial charge in [-0.15, -0.1) is 0 Å². The second-order valence-corrected chi connectivity index (χ2v) is 10.4. The van der Waals surface area contributed by atoms with Crippen LogP contribution in [0.25, 0.3) is 0 Å². The number of fused-ring (bicyclic) bond motifs is 1. The van der Waals surface area contributed by atoms with Gasteiger partial charge in [-0.1, -0.05) is 18.2 Å². The van der Waals surface area contributed by atoms with Gasteiger partial charge in [0.05, 0.1) is 0 Å².